The molecule has 102 valence electrons. The Labute approximate surface area is 121 Å². The highest BCUT2D eigenvalue weighted by Gasteiger charge is 2.12. The summed E-state index contributed by atoms with van der Waals surface area (Å²) >= 11 is 0. The van der Waals surface area contributed by atoms with Gasteiger partial charge in [0.25, 0.3) is 0 Å². The average molecular weight is 278 g/mol. The van der Waals surface area contributed by atoms with Crippen LogP contribution in [0.5, 0.6) is 0 Å². The summed E-state index contributed by atoms with van der Waals surface area (Å²) in [6.07, 6.45) is 2.01. The zero-order chi connectivity index (χ0) is 12.6. The minimum Gasteiger partial charge on any atom is -0.305 e. The molecule has 0 aliphatic rings. The van der Waals surface area contributed by atoms with Crippen molar-refractivity contribution in [2.75, 3.05) is 6.61 Å². The van der Waals surface area contributed by atoms with Crippen molar-refractivity contribution in [2.45, 2.75) is 18.8 Å². The fourth-order valence-electron chi connectivity index (χ4n) is 2.27. The van der Waals surface area contributed by atoms with E-state index in [0.29, 0.717) is 12.5 Å². The topological polar surface area (TPSA) is 35.2 Å². The van der Waals surface area contributed by atoms with Crippen LogP contribution >= 0.6 is 12.4 Å². The molecule has 2 N–H and O–H groups in total. The first-order chi connectivity index (χ1) is 8.92. The van der Waals surface area contributed by atoms with Gasteiger partial charge >= 0.3 is 0 Å². The second-order valence-electron chi connectivity index (χ2n) is 4.39. The number of rotatable bonds is 6. The van der Waals surface area contributed by atoms with Gasteiger partial charge in [0.1, 0.15) is 0 Å². The lowest BCUT2D eigenvalue weighted by Crippen LogP contribution is -2.05. The maximum absolute atomic E-state index is 5.09. The first kappa shape index (κ1) is 15.7. The van der Waals surface area contributed by atoms with Gasteiger partial charge < -0.3 is 4.84 Å². The van der Waals surface area contributed by atoms with Crippen LogP contribution in [0.1, 0.15) is 29.9 Å². The van der Waals surface area contributed by atoms with Crippen LogP contribution in [0, 0.1) is 0 Å². The van der Waals surface area contributed by atoms with Gasteiger partial charge in [0.15, 0.2) is 0 Å². The van der Waals surface area contributed by atoms with Crippen LogP contribution in [0.3, 0.4) is 0 Å². The van der Waals surface area contributed by atoms with E-state index in [9.17, 15) is 0 Å². The molecule has 0 aliphatic heterocycles. The molecule has 0 aliphatic carbocycles. The van der Waals surface area contributed by atoms with Crippen molar-refractivity contribution in [3.63, 3.8) is 0 Å². The maximum Gasteiger partial charge on any atom is 0.0679 e. The Morgan fingerprint density at radius 1 is 0.842 bits per heavy atom. The van der Waals surface area contributed by atoms with E-state index in [0.717, 1.165) is 12.8 Å². The van der Waals surface area contributed by atoms with Gasteiger partial charge in [-0.05, 0) is 24.0 Å². The standard InChI is InChI=1S/C16H19NO.ClH/c17-18-13-7-12-16(14-8-3-1-4-9-14)15-10-5-2-6-11-15;/h1-6,8-11,16H,7,12-13,17H2;1H. The fraction of sp³-hybridized carbons (Fsp3) is 0.250. The quantitative estimate of drug-likeness (QED) is 0.642. The number of benzene rings is 2. The molecule has 0 spiro atoms. The molecule has 0 atom stereocenters. The summed E-state index contributed by atoms with van der Waals surface area (Å²) in [5.74, 6) is 5.51. The van der Waals surface area contributed by atoms with Gasteiger partial charge in [-0.25, -0.2) is 5.90 Å². The Morgan fingerprint density at radius 2 is 1.32 bits per heavy atom. The number of hydrogen-bond donors (Lipinski definition) is 1. The Morgan fingerprint density at radius 3 is 1.74 bits per heavy atom. The Bertz CT molecular complexity index is 407. The van der Waals surface area contributed by atoms with Gasteiger partial charge in [-0.2, -0.15) is 0 Å². The molecule has 2 aromatic carbocycles. The summed E-state index contributed by atoms with van der Waals surface area (Å²) < 4.78 is 0. The molecule has 2 aromatic rings. The summed E-state index contributed by atoms with van der Waals surface area (Å²) in [5, 5.41) is 0. The van der Waals surface area contributed by atoms with Crippen LogP contribution in [-0.2, 0) is 4.84 Å². The third-order valence-corrected chi connectivity index (χ3v) is 3.16. The SMILES string of the molecule is Cl.NOCCCC(c1ccccc1)c1ccccc1. The van der Waals surface area contributed by atoms with Gasteiger partial charge in [-0.1, -0.05) is 60.7 Å². The van der Waals surface area contributed by atoms with E-state index >= 15 is 0 Å². The van der Waals surface area contributed by atoms with Crippen molar-refractivity contribution in [2.24, 2.45) is 5.90 Å². The molecule has 0 saturated carbocycles. The van der Waals surface area contributed by atoms with Crippen LogP contribution in [0.15, 0.2) is 60.7 Å². The van der Waals surface area contributed by atoms with Gasteiger partial charge in [0.2, 0.25) is 0 Å². The van der Waals surface area contributed by atoms with Crippen LogP contribution < -0.4 is 5.90 Å². The molecule has 19 heavy (non-hydrogen) atoms. The highest BCUT2D eigenvalue weighted by molar-refractivity contribution is 5.85. The van der Waals surface area contributed by atoms with Crippen molar-refractivity contribution in [1.82, 2.24) is 0 Å². The molecule has 2 rings (SSSR count). The second-order valence-corrected chi connectivity index (χ2v) is 4.39. The van der Waals surface area contributed by atoms with E-state index < -0.39 is 0 Å². The third-order valence-electron chi connectivity index (χ3n) is 3.16. The summed E-state index contributed by atoms with van der Waals surface area (Å²) in [4.78, 5) is 4.66. The molecule has 0 radical (unpaired) electrons. The number of halogens is 1. The third kappa shape index (κ3) is 4.67. The molecule has 0 unspecified atom stereocenters. The summed E-state index contributed by atoms with van der Waals surface area (Å²) in [6.45, 7) is 0.607. The highest BCUT2D eigenvalue weighted by Crippen LogP contribution is 2.28. The van der Waals surface area contributed by atoms with Gasteiger partial charge in [0, 0.05) is 5.92 Å². The average Bonchev–Trinajstić information content (AvgIpc) is 2.46. The fourth-order valence-corrected chi connectivity index (χ4v) is 2.27. The maximum atomic E-state index is 5.09. The molecule has 2 nitrogen and oxygen atoms in total. The lowest BCUT2D eigenvalue weighted by molar-refractivity contribution is 0.133. The van der Waals surface area contributed by atoms with Crippen molar-refractivity contribution < 1.29 is 4.84 Å². The molecule has 0 amide bonds. The molecule has 0 bridgehead atoms. The first-order valence-corrected chi connectivity index (χ1v) is 6.33. The highest BCUT2D eigenvalue weighted by atomic mass is 35.5. The van der Waals surface area contributed by atoms with Gasteiger partial charge in [0.05, 0.1) is 6.61 Å². The van der Waals surface area contributed by atoms with E-state index in [2.05, 4.69) is 65.5 Å². The van der Waals surface area contributed by atoms with E-state index in [1.165, 1.54) is 11.1 Å². The van der Waals surface area contributed by atoms with Gasteiger partial charge in [-0.15, -0.1) is 12.4 Å². The van der Waals surface area contributed by atoms with Crippen molar-refractivity contribution in [1.29, 1.82) is 0 Å². The monoisotopic (exact) mass is 277 g/mol. The zero-order valence-corrected chi connectivity index (χ0v) is 11.7. The number of hydrogen-bond acceptors (Lipinski definition) is 2. The normalized spacial score (nSPS) is 10.2. The van der Waals surface area contributed by atoms with Crippen LogP contribution in [0.2, 0.25) is 0 Å². The molecule has 0 heterocycles. The lowest BCUT2D eigenvalue weighted by Gasteiger charge is -2.17. The predicted molar refractivity (Wildman–Crippen MR) is 81.3 cm³/mol. The molecule has 0 saturated heterocycles. The molecular weight excluding hydrogens is 258 g/mol. The number of nitrogens with two attached hydrogens (primary N) is 1. The Kier molecular flexibility index (Phi) is 7.19. The minimum atomic E-state index is 0. The Hall–Kier alpha value is -1.35. The second kappa shape index (κ2) is 8.70. The van der Waals surface area contributed by atoms with Crippen molar-refractivity contribution in [3.05, 3.63) is 71.8 Å². The summed E-state index contributed by atoms with van der Waals surface area (Å²) in [5.41, 5.74) is 2.70. The van der Waals surface area contributed by atoms with E-state index in [-0.39, 0.29) is 12.4 Å². The minimum absolute atomic E-state index is 0. The van der Waals surface area contributed by atoms with E-state index in [1.54, 1.807) is 0 Å². The van der Waals surface area contributed by atoms with Gasteiger partial charge in [-0.3, -0.25) is 0 Å². The summed E-state index contributed by atoms with van der Waals surface area (Å²) in [7, 11) is 0. The first-order valence-electron chi connectivity index (χ1n) is 6.33. The molecule has 0 fully saturated rings. The Balaban J connectivity index is 0.00000180. The van der Waals surface area contributed by atoms with Crippen LogP contribution in [0.4, 0.5) is 0 Å². The van der Waals surface area contributed by atoms with Crippen molar-refractivity contribution >= 4 is 12.4 Å². The largest absolute Gasteiger partial charge is 0.305 e. The van der Waals surface area contributed by atoms with Crippen LogP contribution in [0.25, 0.3) is 0 Å². The summed E-state index contributed by atoms with van der Waals surface area (Å²) in [6, 6.07) is 21.2. The van der Waals surface area contributed by atoms with Crippen molar-refractivity contribution in [3.8, 4) is 0 Å². The molecular formula is C16H20ClNO. The predicted octanol–water partition coefficient (Wildman–Crippen LogP) is 3.91. The zero-order valence-electron chi connectivity index (χ0n) is 10.9. The lowest BCUT2D eigenvalue weighted by atomic mass is 9.88. The molecule has 3 heteroatoms. The molecule has 0 aromatic heterocycles. The van der Waals surface area contributed by atoms with Crippen LogP contribution in [-0.4, -0.2) is 6.61 Å². The van der Waals surface area contributed by atoms with E-state index in [1.807, 2.05) is 0 Å². The van der Waals surface area contributed by atoms with E-state index in [4.69, 9.17) is 5.90 Å². The smallest absolute Gasteiger partial charge is 0.0679 e.